The molecule has 1 atom stereocenters. The number of anilines is 3. The highest BCUT2D eigenvalue weighted by atomic mass is 35.5. The Labute approximate surface area is 165 Å². The third-order valence-electron chi connectivity index (χ3n) is 4.28. The fraction of sp³-hybridized carbons (Fsp3) is 0.211. The number of thiazole rings is 1. The average molecular weight is 398 g/mol. The maximum absolute atomic E-state index is 10.5. The lowest BCUT2D eigenvalue weighted by molar-refractivity contribution is 0.122. The van der Waals surface area contributed by atoms with E-state index >= 15 is 0 Å². The summed E-state index contributed by atoms with van der Waals surface area (Å²) >= 11 is 7.64. The number of benzene rings is 1. The summed E-state index contributed by atoms with van der Waals surface area (Å²) in [5.74, 6) is 6.72. The molecular formula is C19H16ClN5OS. The fourth-order valence-electron chi connectivity index (χ4n) is 2.95. The van der Waals surface area contributed by atoms with E-state index in [1.54, 1.807) is 13.1 Å². The van der Waals surface area contributed by atoms with Crippen molar-refractivity contribution in [2.75, 3.05) is 17.2 Å². The van der Waals surface area contributed by atoms with Gasteiger partial charge in [-0.1, -0.05) is 29.5 Å². The molecular weight excluding hydrogens is 382 g/mol. The van der Waals surface area contributed by atoms with Gasteiger partial charge in [-0.2, -0.15) is 4.98 Å². The van der Waals surface area contributed by atoms with Gasteiger partial charge in [-0.15, -0.1) is 11.3 Å². The molecule has 27 heavy (non-hydrogen) atoms. The van der Waals surface area contributed by atoms with E-state index in [0.29, 0.717) is 15.8 Å². The van der Waals surface area contributed by atoms with Gasteiger partial charge in [0.05, 0.1) is 6.20 Å². The summed E-state index contributed by atoms with van der Waals surface area (Å²) in [6.07, 6.45) is 4.03. The van der Waals surface area contributed by atoms with Crippen molar-refractivity contribution in [2.24, 2.45) is 0 Å². The standard InChI is InChI=1S/C19H16ClN5OS/c1-19(26,17-22-7-9-27-17)6-4-12-2-3-13-5-8-25(15(13)10-12)16-14(20)11-23-18(21)24-16/h2-3,7,9-11,26H,5,8H2,1H3,(H2,21,23,24)/t19-/m1/s1. The molecule has 0 unspecified atom stereocenters. The van der Waals surface area contributed by atoms with Crippen molar-refractivity contribution in [1.29, 1.82) is 0 Å². The van der Waals surface area contributed by atoms with Crippen LogP contribution >= 0.6 is 22.9 Å². The highest BCUT2D eigenvalue weighted by molar-refractivity contribution is 7.09. The molecule has 0 fully saturated rings. The van der Waals surface area contributed by atoms with Crippen LogP contribution in [0, 0.1) is 11.8 Å². The average Bonchev–Trinajstić information content (AvgIpc) is 3.32. The van der Waals surface area contributed by atoms with Crippen LogP contribution in [0.4, 0.5) is 17.5 Å². The zero-order chi connectivity index (χ0) is 19.0. The van der Waals surface area contributed by atoms with Crippen molar-refractivity contribution < 1.29 is 5.11 Å². The third-order valence-corrected chi connectivity index (χ3v) is 5.53. The first-order valence-corrected chi connectivity index (χ1v) is 9.54. The van der Waals surface area contributed by atoms with Gasteiger partial charge in [0, 0.05) is 29.4 Å². The molecule has 1 aliphatic heterocycles. The normalized spacial score (nSPS) is 15.0. The van der Waals surface area contributed by atoms with E-state index in [1.165, 1.54) is 23.1 Å². The van der Waals surface area contributed by atoms with E-state index in [2.05, 4.69) is 26.8 Å². The Morgan fingerprint density at radius 1 is 1.37 bits per heavy atom. The van der Waals surface area contributed by atoms with E-state index < -0.39 is 5.60 Å². The highest BCUT2D eigenvalue weighted by Crippen LogP contribution is 2.37. The fourth-order valence-corrected chi connectivity index (χ4v) is 3.79. The number of halogens is 1. The second kappa shape index (κ2) is 6.82. The lowest BCUT2D eigenvalue weighted by Crippen LogP contribution is -2.18. The first kappa shape index (κ1) is 17.7. The molecule has 0 radical (unpaired) electrons. The molecule has 3 aromatic rings. The Kier molecular flexibility index (Phi) is 4.48. The Morgan fingerprint density at radius 3 is 3.00 bits per heavy atom. The predicted octanol–water partition coefficient (Wildman–Crippen LogP) is 3.12. The smallest absolute Gasteiger partial charge is 0.222 e. The van der Waals surface area contributed by atoms with Gasteiger partial charge in [-0.3, -0.25) is 0 Å². The minimum atomic E-state index is -1.29. The molecule has 6 nitrogen and oxygen atoms in total. The second-order valence-corrected chi connectivity index (χ2v) is 7.61. The molecule has 4 rings (SSSR count). The molecule has 3 N–H and O–H groups in total. The zero-order valence-corrected chi connectivity index (χ0v) is 16.1. The van der Waals surface area contributed by atoms with Gasteiger partial charge >= 0.3 is 0 Å². The minimum absolute atomic E-state index is 0.179. The van der Waals surface area contributed by atoms with E-state index in [4.69, 9.17) is 17.3 Å². The molecule has 0 aliphatic carbocycles. The van der Waals surface area contributed by atoms with Crippen LogP contribution in [-0.2, 0) is 12.0 Å². The van der Waals surface area contributed by atoms with Crippen molar-refractivity contribution in [1.82, 2.24) is 15.0 Å². The van der Waals surface area contributed by atoms with Crippen molar-refractivity contribution in [3.8, 4) is 11.8 Å². The van der Waals surface area contributed by atoms with Crippen LogP contribution in [0.3, 0.4) is 0 Å². The summed E-state index contributed by atoms with van der Waals surface area (Å²) in [5.41, 5.74) is 7.38. The summed E-state index contributed by atoms with van der Waals surface area (Å²) in [5, 5.41) is 13.4. The number of hydrogen-bond acceptors (Lipinski definition) is 7. The summed E-state index contributed by atoms with van der Waals surface area (Å²) in [4.78, 5) is 14.4. The second-order valence-electron chi connectivity index (χ2n) is 6.30. The molecule has 8 heteroatoms. The van der Waals surface area contributed by atoms with Crippen molar-refractivity contribution >= 4 is 40.4 Å². The number of aliphatic hydroxyl groups is 1. The summed E-state index contributed by atoms with van der Waals surface area (Å²) in [6.45, 7) is 2.39. The van der Waals surface area contributed by atoms with E-state index in [1.807, 2.05) is 28.5 Å². The SMILES string of the molecule is C[C@@](O)(C#Cc1ccc2c(c1)N(c1nc(N)ncc1Cl)CC2)c1nccs1. The first-order chi connectivity index (χ1) is 12.9. The van der Waals surface area contributed by atoms with Gasteiger partial charge in [0.25, 0.3) is 0 Å². The van der Waals surface area contributed by atoms with Gasteiger partial charge in [0.15, 0.2) is 11.4 Å². The third kappa shape index (κ3) is 3.47. The topological polar surface area (TPSA) is 88.2 Å². The van der Waals surface area contributed by atoms with Crippen LogP contribution < -0.4 is 10.6 Å². The molecule has 0 amide bonds. The van der Waals surface area contributed by atoms with Gasteiger partial charge in [0.1, 0.15) is 10.0 Å². The van der Waals surface area contributed by atoms with Gasteiger partial charge in [-0.05, 0) is 31.0 Å². The predicted molar refractivity (Wildman–Crippen MR) is 107 cm³/mol. The van der Waals surface area contributed by atoms with Crippen LogP contribution in [-0.4, -0.2) is 26.6 Å². The molecule has 1 aromatic carbocycles. The number of rotatable bonds is 2. The largest absolute Gasteiger partial charge is 0.371 e. The van der Waals surface area contributed by atoms with Crippen LogP contribution in [0.25, 0.3) is 0 Å². The number of nitrogen functional groups attached to an aromatic ring is 1. The first-order valence-electron chi connectivity index (χ1n) is 8.28. The highest BCUT2D eigenvalue weighted by Gasteiger charge is 2.25. The Balaban J connectivity index is 1.68. The van der Waals surface area contributed by atoms with Gasteiger partial charge in [0.2, 0.25) is 5.95 Å². The summed E-state index contributed by atoms with van der Waals surface area (Å²) < 4.78 is 0. The summed E-state index contributed by atoms with van der Waals surface area (Å²) in [6, 6.07) is 5.96. The van der Waals surface area contributed by atoms with E-state index in [9.17, 15) is 5.11 Å². The minimum Gasteiger partial charge on any atom is -0.371 e. The van der Waals surface area contributed by atoms with Crippen molar-refractivity contribution in [3.05, 3.63) is 57.1 Å². The maximum atomic E-state index is 10.5. The number of aromatic nitrogens is 3. The lowest BCUT2D eigenvalue weighted by Gasteiger charge is -2.19. The van der Waals surface area contributed by atoms with Crippen LogP contribution in [0.1, 0.15) is 23.1 Å². The number of fused-ring (bicyclic) bond motifs is 1. The molecule has 2 aromatic heterocycles. The van der Waals surface area contributed by atoms with Crippen LogP contribution in [0.2, 0.25) is 5.02 Å². The molecule has 0 saturated carbocycles. The van der Waals surface area contributed by atoms with Crippen LogP contribution in [0.15, 0.2) is 36.0 Å². The Bertz CT molecular complexity index is 1060. The van der Waals surface area contributed by atoms with Crippen LogP contribution in [0.5, 0.6) is 0 Å². The maximum Gasteiger partial charge on any atom is 0.222 e. The Hall–Kier alpha value is -2.66. The van der Waals surface area contributed by atoms with E-state index in [-0.39, 0.29) is 5.95 Å². The quantitative estimate of drug-likeness (QED) is 0.646. The van der Waals surface area contributed by atoms with Gasteiger partial charge in [-0.25, -0.2) is 9.97 Å². The molecule has 136 valence electrons. The number of nitrogens with two attached hydrogens (primary N) is 1. The zero-order valence-electron chi connectivity index (χ0n) is 14.5. The summed E-state index contributed by atoms with van der Waals surface area (Å²) in [7, 11) is 0. The lowest BCUT2D eigenvalue weighted by atomic mass is 10.1. The van der Waals surface area contributed by atoms with E-state index in [0.717, 1.165) is 24.2 Å². The molecule has 0 bridgehead atoms. The van der Waals surface area contributed by atoms with Gasteiger partial charge < -0.3 is 15.7 Å². The molecule has 0 saturated heterocycles. The monoisotopic (exact) mass is 397 g/mol. The molecule has 0 spiro atoms. The van der Waals surface area contributed by atoms with Crippen molar-refractivity contribution in [2.45, 2.75) is 18.9 Å². The number of nitrogens with zero attached hydrogens (tertiary/aromatic N) is 4. The Morgan fingerprint density at radius 2 is 2.22 bits per heavy atom. The van der Waals surface area contributed by atoms with Crippen molar-refractivity contribution in [3.63, 3.8) is 0 Å². The number of hydrogen-bond donors (Lipinski definition) is 2. The molecule has 1 aliphatic rings. The molecule has 3 heterocycles.